The zero-order valence-corrected chi connectivity index (χ0v) is 9.63. The molecular weight excluding hydrogens is 216 g/mol. The molecule has 80 valence electrons. The van der Waals surface area contributed by atoms with Crippen LogP contribution in [0.3, 0.4) is 0 Å². The number of rotatable bonds is 2. The molecule has 0 saturated carbocycles. The van der Waals surface area contributed by atoms with E-state index >= 15 is 0 Å². The highest BCUT2D eigenvalue weighted by molar-refractivity contribution is 7.26. The van der Waals surface area contributed by atoms with Crippen molar-refractivity contribution in [2.75, 3.05) is 6.61 Å². The van der Waals surface area contributed by atoms with E-state index in [1.807, 2.05) is 11.3 Å². The summed E-state index contributed by atoms with van der Waals surface area (Å²) in [4.78, 5) is 0. The Morgan fingerprint density at radius 3 is 2.62 bits per heavy atom. The molecule has 1 N–H and O–H groups in total. The minimum Gasteiger partial charge on any atom is -0.396 e. The van der Waals surface area contributed by atoms with Gasteiger partial charge in [-0.2, -0.15) is 0 Å². The second-order valence-corrected chi connectivity index (χ2v) is 4.92. The maximum atomic E-state index is 9.06. The average Bonchev–Trinajstić information content (AvgIpc) is 2.69. The molecule has 0 bridgehead atoms. The van der Waals surface area contributed by atoms with E-state index in [0.29, 0.717) is 0 Å². The molecule has 1 nitrogen and oxygen atoms in total. The molecule has 0 unspecified atom stereocenters. The van der Waals surface area contributed by atoms with Crippen molar-refractivity contribution in [3.63, 3.8) is 0 Å². The van der Waals surface area contributed by atoms with Gasteiger partial charge in [-0.15, -0.1) is 11.3 Å². The summed E-state index contributed by atoms with van der Waals surface area (Å²) < 4.78 is 2.64. The highest BCUT2D eigenvalue weighted by Gasteiger charge is 2.07. The van der Waals surface area contributed by atoms with Crippen LogP contribution in [0, 0.1) is 0 Å². The van der Waals surface area contributed by atoms with Crippen molar-refractivity contribution in [1.82, 2.24) is 0 Å². The van der Waals surface area contributed by atoms with Gasteiger partial charge in [0, 0.05) is 26.8 Å². The molecule has 0 spiro atoms. The zero-order valence-electron chi connectivity index (χ0n) is 8.81. The molecule has 1 heterocycles. The fourth-order valence-corrected chi connectivity index (χ4v) is 3.37. The molecular formula is C14H12OS. The number of benzene rings is 2. The third-order valence-corrected chi connectivity index (χ3v) is 4.13. The molecule has 3 aromatic rings. The SMILES string of the molecule is OCCc1cccc2c1sc1ccccc12. The van der Waals surface area contributed by atoms with Gasteiger partial charge >= 0.3 is 0 Å². The van der Waals surface area contributed by atoms with E-state index in [1.165, 1.54) is 25.7 Å². The number of aliphatic hydroxyl groups is 1. The minimum atomic E-state index is 0.216. The molecule has 0 aliphatic carbocycles. The Labute approximate surface area is 98.0 Å². The number of hydrogen-bond donors (Lipinski definition) is 1. The molecule has 0 amide bonds. The van der Waals surface area contributed by atoms with Gasteiger partial charge in [-0.3, -0.25) is 0 Å². The Morgan fingerprint density at radius 2 is 1.75 bits per heavy atom. The summed E-state index contributed by atoms with van der Waals surface area (Å²) in [6.45, 7) is 0.216. The van der Waals surface area contributed by atoms with Gasteiger partial charge in [0.1, 0.15) is 0 Å². The molecule has 16 heavy (non-hydrogen) atoms. The van der Waals surface area contributed by atoms with E-state index in [-0.39, 0.29) is 6.61 Å². The molecule has 0 saturated heterocycles. The standard InChI is InChI=1S/C14H12OS/c15-9-8-10-4-3-6-12-11-5-1-2-7-13(11)16-14(10)12/h1-7,15H,8-9H2. The summed E-state index contributed by atoms with van der Waals surface area (Å²) >= 11 is 1.82. The summed E-state index contributed by atoms with van der Waals surface area (Å²) in [6, 6.07) is 14.8. The van der Waals surface area contributed by atoms with Gasteiger partial charge in [-0.25, -0.2) is 0 Å². The largest absolute Gasteiger partial charge is 0.396 e. The fourth-order valence-electron chi connectivity index (χ4n) is 2.12. The molecule has 0 radical (unpaired) electrons. The van der Waals surface area contributed by atoms with Crippen LogP contribution < -0.4 is 0 Å². The molecule has 1 aromatic heterocycles. The van der Waals surface area contributed by atoms with Crippen LogP contribution in [0.4, 0.5) is 0 Å². The zero-order chi connectivity index (χ0) is 11.0. The Morgan fingerprint density at radius 1 is 0.938 bits per heavy atom. The molecule has 2 aromatic carbocycles. The van der Waals surface area contributed by atoms with E-state index in [2.05, 4.69) is 42.5 Å². The lowest BCUT2D eigenvalue weighted by atomic mass is 10.1. The van der Waals surface area contributed by atoms with Crippen LogP contribution in [-0.2, 0) is 6.42 Å². The van der Waals surface area contributed by atoms with Crippen LogP contribution in [0.15, 0.2) is 42.5 Å². The number of fused-ring (bicyclic) bond motifs is 3. The lowest BCUT2D eigenvalue weighted by molar-refractivity contribution is 0.300. The summed E-state index contributed by atoms with van der Waals surface area (Å²) in [5.41, 5.74) is 1.25. The van der Waals surface area contributed by atoms with Gasteiger partial charge in [-0.1, -0.05) is 36.4 Å². The molecule has 0 aliphatic rings. The average molecular weight is 228 g/mol. The molecule has 3 rings (SSSR count). The van der Waals surface area contributed by atoms with E-state index in [1.54, 1.807) is 0 Å². The third kappa shape index (κ3) is 1.42. The second kappa shape index (κ2) is 3.89. The monoisotopic (exact) mass is 228 g/mol. The quantitative estimate of drug-likeness (QED) is 0.710. The number of hydrogen-bond acceptors (Lipinski definition) is 2. The number of thiophene rings is 1. The first-order valence-corrected chi connectivity index (χ1v) is 6.22. The first kappa shape index (κ1) is 9.82. The molecule has 0 atom stereocenters. The lowest BCUT2D eigenvalue weighted by Crippen LogP contribution is -1.89. The van der Waals surface area contributed by atoms with E-state index in [0.717, 1.165) is 6.42 Å². The maximum absolute atomic E-state index is 9.06. The van der Waals surface area contributed by atoms with Crippen molar-refractivity contribution < 1.29 is 5.11 Å². The Bertz CT molecular complexity index is 639. The second-order valence-electron chi connectivity index (χ2n) is 3.87. The number of aliphatic hydroxyl groups excluding tert-OH is 1. The molecule has 0 aliphatic heterocycles. The van der Waals surface area contributed by atoms with Gasteiger partial charge in [-0.05, 0) is 18.1 Å². The van der Waals surface area contributed by atoms with Crippen LogP contribution in [0.2, 0.25) is 0 Å². The fraction of sp³-hybridized carbons (Fsp3) is 0.143. The van der Waals surface area contributed by atoms with Crippen molar-refractivity contribution in [3.05, 3.63) is 48.0 Å². The van der Waals surface area contributed by atoms with E-state index in [9.17, 15) is 0 Å². The van der Waals surface area contributed by atoms with Gasteiger partial charge in [0.05, 0.1) is 0 Å². The van der Waals surface area contributed by atoms with Crippen LogP contribution in [0.25, 0.3) is 20.2 Å². The molecule has 0 fully saturated rings. The first-order chi connectivity index (χ1) is 7.90. The smallest absolute Gasteiger partial charge is 0.0471 e. The predicted octanol–water partition coefficient (Wildman–Crippen LogP) is 3.59. The summed E-state index contributed by atoms with van der Waals surface area (Å²) in [5.74, 6) is 0. The van der Waals surface area contributed by atoms with Crippen LogP contribution >= 0.6 is 11.3 Å². The van der Waals surface area contributed by atoms with Crippen molar-refractivity contribution in [2.24, 2.45) is 0 Å². The van der Waals surface area contributed by atoms with Gasteiger partial charge in [0.25, 0.3) is 0 Å². The van der Waals surface area contributed by atoms with Crippen LogP contribution in [0.1, 0.15) is 5.56 Å². The van der Waals surface area contributed by atoms with Gasteiger partial charge in [0.2, 0.25) is 0 Å². The van der Waals surface area contributed by atoms with Crippen LogP contribution in [-0.4, -0.2) is 11.7 Å². The lowest BCUT2D eigenvalue weighted by Gasteiger charge is -1.99. The van der Waals surface area contributed by atoms with Crippen molar-refractivity contribution in [1.29, 1.82) is 0 Å². The summed E-state index contributed by atoms with van der Waals surface area (Å²) in [6.07, 6.45) is 0.740. The summed E-state index contributed by atoms with van der Waals surface area (Å²) in [7, 11) is 0. The topological polar surface area (TPSA) is 20.2 Å². The predicted molar refractivity (Wildman–Crippen MR) is 70.1 cm³/mol. The Hall–Kier alpha value is -1.38. The van der Waals surface area contributed by atoms with Gasteiger partial charge in [0.15, 0.2) is 0 Å². The highest BCUT2D eigenvalue weighted by Crippen LogP contribution is 2.35. The Balaban J connectivity index is 2.39. The Kier molecular flexibility index (Phi) is 2.39. The first-order valence-electron chi connectivity index (χ1n) is 5.40. The highest BCUT2D eigenvalue weighted by atomic mass is 32.1. The van der Waals surface area contributed by atoms with Crippen molar-refractivity contribution in [3.8, 4) is 0 Å². The van der Waals surface area contributed by atoms with Crippen LogP contribution in [0.5, 0.6) is 0 Å². The van der Waals surface area contributed by atoms with Crippen molar-refractivity contribution >= 4 is 31.5 Å². The van der Waals surface area contributed by atoms with Crippen molar-refractivity contribution in [2.45, 2.75) is 6.42 Å². The normalized spacial score (nSPS) is 11.3. The minimum absolute atomic E-state index is 0.216. The third-order valence-electron chi connectivity index (χ3n) is 2.87. The summed E-state index contributed by atoms with van der Waals surface area (Å²) in [5, 5.41) is 11.7. The maximum Gasteiger partial charge on any atom is 0.0471 e. The van der Waals surface area contributed by atoms with Gasteiger partial charge < -0.3 is 5.11 Å². The molecule has 2 heteroatoms. The van der Waals surface area contributed by atoms with E-state index < -0.39 is 0 Å². The van der Waals surface area contributed by atoms with E-state index in [4.69, 9.17) is 5.11 Å².